The van der Waals surface area contributed by atoms with Crippen molar-refractivity contribution in [3.8, 4) is 17.2 Å². The molecule has 1 heterocycles. The van der Waals surface area contributed by atoms with Gasteiger partial charge in [-0.2, -0.15) is 24.9 Å². The molecule has 1 aliphatic rings. The van der Waals surface area contributed by atoms with E-state index in [9.17, 15) is 22.8 Å². The molecule has 1 aliphatic heterocycles. The summed E-state index contributed by atoms with van der Waals surface area (Å²) in [7, 11) is 1.28. The van der Waals surface area contributed by atoms with Crippen LogP contribution >= 0.6 is 11.8 Å². The highest BCUT2D eigenvalue weighted by atomic mass is 32.2. The maximum absolute atomic E-state index is 13.5. The highest BCUT2D eigenvalue weighted by molar-refractivity contribution is 7.99. The normalized spacial score (nSPS) is 15.4. The molecule has 0 radical (unpaired) electrons. The van der Waals surface area contributed by atoms with Crippen LogP contribution in [0.1, 0.15) is 24.0 Å². The van der Waals surface area contributed by atoms with Crippen molar-refractivity contribution in [2.45, 2.75) is 31.1 Å². The molecule has 39 heavy (non-hydrogen) atoms. The van der Waals surface area contributed by atoms with E-state index in [-0.39, 0.29) is 35.3 Å². The lowest BCUT2D eigenvalue weighted by Crippen LogP contribution is -2.60. The van der Waals surface area contributed by atoms with Crippen LogP contribution in [0.3, 0.4) is 0 Å². The van der Waals surface area contributed by atoms with E-state index in [2.05, 4.69) is 22.2 Å². The number of alkyl halides is 3. The predicted octanol–water partition coefficient (Wildman–Crippen LogP) is 4.56. The largest absolute Gasteiger partial charge is 0.497 e. The SMILES string of the molecule is C=CN=C/C(=C\N)C(=O)NC1(C(=O)NCc2ccc(Oc3ccc(OC)cc3C(F)(F)F)cc2)CCSCC1. The zero-order chi connectivity index (χ0) is 28.5. The molecule has 0 saturated carbocycles. The van der Waals surface area contributed by atoms with Crippen LogP contribution in [0.25, 0.3) is 0 Å². The van der Waals surface area contributed by atoms with E-state index in [1.54, 1.807) is 23.9 Å². The van der Waals surface area contributed by atoms with Crippen LogP contribution in [0.4, 0.5) is 13.2 Å². The number of amides is 2. The quantitative estimate of drug-likeness (QED) is 0.289. The first kappa shape index (κ1) is 29.6. The van der Waals surface area contributed by atoms with E-state index in [4.69, 9.17) is 15.2 Å². The number of halogens is 3. The Morgan fingerprint density at radius 2 is 1.82 bits per heavy atom. The molecule has 3 rings (SSSR count). The Labute approximate surface area is 228 Å². The van der Waals surface area contributed by atoms with E-state index in [1.165, 1.54) is 43.8 Å². The summed E-state index contributed by atoms with van der Waals surface area (Å²) in [5, 5.41) is 5.69. The average molecular weight is 563 g/mol. The Kier molecular flexibility index (Phi) is 10.0. The molecule has 0 aliphatic carbocycles. The van der Waals surface area contributed by atoms with E-state index in [1.807, 2.05) is 0 Å². The maximum Gasteiger partial charge on any atom is 0.420 e. The third-order valence-corrected chi connectivity index (χ3v) is 6.98. The molecule has 1 saturated heterocycles. The van der Waals surface area contributed by atoms with Crippen molar-refractivity contribution in [2.75, 3.05) is 18.6 Å². The number of benzene rings is 2. The molecule has 0 bridgehead atoms. The number of aliphatic imine (C=N–C) groups is 1. The summed E-state index contributed by atoms with van der Waals surface area (Å²) in [6.07, 6.45) is -0.128. The highest BCUT2D eigenvalue weighted by Gasteiger charge is 2.41. The third kappa shape index (κ3) is 7.79. The highest BCUT2D eigenvalue weighted by Crippen LogP contribution is 2.40. The smallest absolute Gasteiger partial charge is 0.420 e. The van der Waals surface area contributed by atoms with Crippen LogP contribution in [0.2, 0.25) is 0 Å². The molecule has 2 amide bonds. The lowest BCUT2D eigenvalue weighted by molar-refractivity contribution is -0.138. The van der Waals surface area contributed by atoms with E-state index >= 15 is 0 Å². The van der Waals surface area contributed by atoms with Gasteiger partial charge in [-0.05, 0) is 60.2 Å². The molecule has 0 spiro atoms. The van der Waals surface area contributed by atoms with Crippen molar-refractivity contribution in [1.29, 1.82) is 0 Å². The van der Waals surface area contributed by atoms with Gasteiger partial charge in [-0.15, -0.1) is 0 Å². The van der Waals surface area contributed by atoms with Gasteiger partial charge in [0.25, 0.3) is 5.91 Å². The lowest BCUT2D eigenvalue weighted by Gasteiger charge is -2.36. The van der Waals surface area contributed by atoms with Gasteiger partial charge in [-0.3, -0.25) is 14.6 Å². The Bertz CT molecular complexity index is 1240. The number of hydrogen-bond acceptors (Lipinski definition) is 7. The lowest BCUT2D eigenvalue weighted by atomic mass is 9.90. The summed E-state index contributed by atoms with van der Waals surface area (Å²) >= 11 is 1.69. The van der Waals surface area contributed by atoms with Crippen molar-refractivity contribution in [3.63, 3.8) is 0 Å². The second-order valence-corrected chi connectivity index (χ2v) is 9.74. The van der Waals surface area contributed by atoms with Crippen LogP contribution in [-0.2, 0) is 22.3 Å². The van der Waals surface area contributed by atoms with Gasteiger partial charge in [0.15, 0.2) is 0 Å². The Morgan fingerprint density at radius 3 is 2.41 bits per heavy atom. The molecule has 1 fully saturated rings. The van der Waals surface area contributed by atoms with Gasteiger partial charge in [-0.25, -0.2) is 0 Å². The van der Waals surface area contributed by atoms with Crippen molar-refractivity contribution >= 4 is 29.8 Å². The predicted molar refractivity (Wildman–Crippen MR) is 145 cm³/mol. The van der Waals surface area contributed by atoms with Crippen molar-refractivity contribution in [3.05, 3.63) is 78.1 Å². The first-order valence-corrected chi connectivity index (χ1v) is 13.0. The fourth-order valence-corrected chi connectivity index (χ4v) is 5.02. The van der Waals surface area contributed by atoms with Crippen molar-refractivity contribution in [1.82, 2.24) is 10.6 Å². The second-order valence-electron chi connectivity index (χ2n) is 8.52. The van der Waals surface area contributed by atoms with Gasteiger partial charge in [0.05, 0.1) is 12.7 Å². The molecule has 208 valence electrons. The fraction of sp³-hybridized carbons (Fsp3) is 0.296. The summed E-state index contributed by atoms with van der Waals surface area (Å²) in [6.45, 7) is 3.60. The Morgan fingerprint density at radius 1 is 1.15 bits per heavy atom. The number of nitrogens with one attached hydrogen (secondary N) is 2. The summed E-state index contributed by atoms with van der Waals surface area (Å²) in [5.41, 5.74) is 4.26. The second kappa shape index (κ2) is 13.2. The number of thioether (sulfide) groups is 1. The number of carbonyl (C=O) groups is 2. The van der Waals surface area contributed by atoms with Gasteiger partial charge in [0, 0.05) is 25.2 Å². The zero-order valence-electron chi connectivity index (χ0n) is 21.2. The summed E-state index contributed by atoms with van der Waals surface area (Å²) in [5.74, 6) is 0.398. The minimum Gasteiger partial charge on any atom is -0.497 e. The van der Waals surface area contributed by atoms with Crippen LogP contribution in [0.5, 0.6) is 17.2 Å². The van der Waals surface area contributed by atoms with E-state index < -0.39 is 23.2 Å². The minimum absolute atomic E-state index is 0.0615. The molecule has 0 aromatic heterocycles. The number of nitrogens with zero attached hydrogens (tertiary/aromatic N) is 1. The fourth-order valence-electron chi connectivity index (χ4n) is 3.83. The Hall–Kier alpha value is -3.93. The molecule has 2 aromatic carbocycles. The first-order chi connectivity index (χ1) is 18.6. The molecule has 0 unspecified atom stereocenters. The van der Waals surface area contributed by atoms with E-state index in [0.717, 1.165) is 12.3 Å². The van der Waals surface area contributed by atoms with Gasteiger partial charge in [0.2, 0.25) is 5.91 Å². The number of methoxy groups -OCH3 is 1. The number of ether oxygens (including phenoxy) is 2. The number of rotatable bonds is 10. The van der Waals surface area contributed by atoms with E-state index in [0.29, 0.717) is 29.9 Å². The molecular weight excluding hydrogens is 533 g/mol. The van der Waals surface area contributed by atoms with Crippen LogP contribution in [0.15, 0.2) is 72.0 Å². The molecule has 8 nitrogen and oxygen atoms in total. The minimum atomic E-state index is -4.63. The molecule has 2 aromatic rings. The average Bonchev–Trinajstić information content (AvgIpc) is 2.93. The number of hydrogen-bond donors (Lipinski definition) is 3. The van der Waals surface area contributed by atoms with Crippen LogP contribution in [0, 0.1) is 0 Å². The molecule has 4 N–H and O–H groups in total. The third-order valence-electron chi connectivity index (χ3n) is 5.99. The van der Waals surface area contributed by atoms with Gasteiger partial charge < -0.3 is 25.8 Å². The van der Waals surface area contributed by atoms with Crippen molar-refractivity contribution in [2.24, 2.45) is 10.7 Å². The maximum atomic E-state index is 13.5. The molecular formula is C27H29F3N4O4S. The zero-order valence-corrected chi connectivity index (χ0v) is 22.0. The van der Waals surface area contributed by atoms with Gasteiger partial charge in [-0.1, -0.05) is 18.7 Å². The van der Waals surface area contributed by atoms with Crippen molar-refractivity contribution < 1.29 is 32.2 Å². The van der Waals surface area contributed by atoms with Crippen LogP contribution < -0.4 is 25.8 Å². The number of carbonyl (C=O) groups excluding carboxylic acids is 2. The summed E-state index contributed by atoms with van der Waals surface area (Å²) < 4.78 is 50.8. The summed E-state index contributed by atoms with van der Waals surface area (Å²) in [6, 6.07) is 9.74. The Balaban J connectivity index is 1.68. The van der Waals surface area contributed by atoms with Crippen LogP contribution in [-0.4, -0.2) is 42.2 Å². The monoisotopic (exact) mass is 562 g/mol. The number of nitrogens with two attached hydrogens (primary N) is 1. The molecule has 12 heteroatoms. The first-order valence-electron chi connectivity index (χ1n) is 11.9. The van der Waals surface area contributed by atoms with Gasteiger partial charge >= 0.3 is 6.18 Å². The molecule has 0 atom stereocenters. The topological polar surface area (TPSA) is 115 Å². The standard InChI is InChI=1S/C27H29F3N4O4S/c1-3-32-17-19(15-31)24(35)34-26(10-12-39-13-11-26)25(36)33-16-18-4-6-20(7-5-18)38-23-9-8-21(37-2)14-22(23)27(28,29)30/h3-9,14-15,17H,1,10-13,16,31H2,2H3,(H,33,36)(H,34,35)/b19-15+,32-17?. The summed E-state index contributed by atoms with van der Waals surface area (Å²) in [4.78, 5) is 29.9. The van der Waals surface area contributed by atoms with Gasteiger partial charge in [0.1, 0.15) is 28.4 Å².